The van der Waals surface area contributed by atoms with Crippen LogP contribution in [0, 0.1) is 6.92 Å². The van der Waals surface area contributed by atoms with Crippen LogP contribution < -0.4 is 5.56 Å². The van der Waals surface area contributed by atoms with Crippen LogP contribution in [-0.2, 0) is 0 Å². The first kappa shape index (κ1) is 14.3. The number of aromatic carboxylic acids is 1. The summed E-state index contributed by atoms with van der Waals surface area (Å²) in [6.07, 6.45) is 1.51. The molecule has 2 heterocycles. The van der Waals surface area contributed by atoms with E-state index < -0.39 is 11.5 Å². The molecule has 110 valence electrons. The van der Waals surface area contributed by atoms with Crippen molar-refractivity contribution in [1.29, 1.82) is 0 Å². The maximum Gasteiger partial charge on any atom is 0.344 e. The Labute approximate surface area is 130 Å². The minimum absolute atomic E-state index is 0.201. The number of pyridine rings is 1. The molecule has 0 amide bonds. The molecule has 6 heteroatoms. The topological polar surface area (TPSA) is 71.7 Å². The number of nitrogens with zero attached hydrogens (tertiary/aromatic N) is 2. The Morgan fingerprint density at radius 2 is 1.91 bits per heavy atom. The van der Waals surface area contributed by atoms with Crippen LogP contribution in [0.15, 0.2) is 63.4 Å². The predicted octanol–water partition coefficient (Wildman–Crippen LogP) is 2.85. The van der Waals surface area contributed by atoms with E-state index in [1.165, 1.54) is 22.4 Å². The Morgan fingerprint density at radius 3 is 2.59 bits per heavy atom. The van der Waals surface area contributed by atoms with Crippen molar-refractivity contribution in [1.82, 2.24) is 9.38 Å². The molecule has 1 N–H and O–H groups in total. The summed E-state index contributed by atoms with van der Waals surface area (Å²) in [5, 5.41) is 9.56. The highest BCUT2D eigenvalue weighted by atomic mass is 32.2. The SMILES string of the molecule is Cc1ccc(Sc2nc3ccccn3c(=O)c2C(=O)O)cc1. The zero-order chi connectivity index (χ0) is 15.7. The third-order valence-electron chi connectivity index (χ3n) is 3.15. The smallest absolute Gasteiger partial charge is 0.344 e. The first-order chi connectivity index (χ1) is 10.6. The second-order valence-corrected chi connectivity index (χ2v) is 5.81. The zero-order valence-corrected chi connectivity index (χ0v) is 12.5. The first-order valence-corrected chi connectivity index (χ1v) is 7.37. The molecule has 0 saturated carbocycles. The Hall–Kier alpha value is -2.60. The van der Waals surface area contributed by atoms with Gasteiger partial charge in [0.25, 0.3) is 5.56 Å². The molecule has 2 aromatic heterocycles. The van der Waals surface area contributed by atoms with Gasteiger partial charge in [0, 0.05) is 11.1 Å². The van der Waals surface area contributed by atoms with Gasteiger partial charge in [-0.25, -0.2) is 9.78 Å². The lowest BCUT2D eigenvalue weighted by Crippen LogP contribution is -2.24. The van der Waals surface area contributed by atoms with Gasteiger partial charge in [-0.3, -0.25) is 9.20 Å². The minimum Gasteiger partial charge on any atom is -0.477 e. The fourth-order valence-electron chi connectivity index (χ4n) is 2.04. The third kappa shape index (κ3) is 2.60. The van der Waals surface area contributed by atoms with Gasteiger partial charge in [0.1, 0.15) is 10.7 Å². The number of benzene rings is 1. The van der Waals surface area contributed by atoms with Gasteiger partial charge in [-0.05, 0) is 31.2 Å². The molecule has 0 aliphatic heterocycles. The molecule has 0 aliphatic carbocycles. The van der Waals surface area contributed by atoms with Gasteiger partial charge in [0.2, 0.25) is 0 Å². The molecule has 3 aromatic rings. The molecule has 0 saturated heterocycles. The standard InChI is InChI=1S/C16H12N2O3S/c1-10-5-7-11(8-6-10)22-14-13(16(20)21)15(19)18-9-3-2-4-12(18)17-14/h2-9H,1H3,(H,20,21). The highest BCUT2D eigenvalue weighted by molar-refractivity contribution is 7.99. The van der Waals surface area contributed by atoms with Gasteiger partial charge in [-0.2, -0.15) is 0 Å². The second kappa shape index (κ2) is 5.65. The highest BCUT2D eigenvalue weighted by Gasteiger charge is 2.19. The number of carboxylic acids is 1. The largest absolute Gasteiger partial charge is 0.477 e. The van der Waals surface area contributed by atoms with Crippen molar-refractivity contribution in [2.75, 3.05) is 0 Å². The van der Waals surface area contributed by atoms with Crippen LogP contribution in [0.3, 0.4) is 0 Å². The fourth-order valence-corrected chi connectivity index (χ4v) is 2.95. The van der Waals surface area contributed by atoms with Crippen molar-refractivity contribution in [2.24, 2.45) is 0 Å². The Morgan fingerprint density at radius 1 is 1.18 bits per heavy atom. The third-order valence-corrected chi connectivity index (χ3v) is 4.15. The quantitative estimate of drug-likeness (QED) is 0.753. The highest BCUT2D eigenvalue weighted by Crippen LogP contribution is 2.28. The minimum atomic E-state index is -1.27. The molecule has 0 bridgehead atoms. The normalized spacial score (nSPS) is 10.8. The molecule has 0 atom stereocenters. The number of rotatable bonds is 3. The average molecular weight is 312 g/mol. The van der Waals surface area contributed by atoms with Crippen LogP contribution in [0.5, 0.6) is 0 Å². The molecule has 0 aliphatic rings. The van der Waals surface area contributed by atoms with E-state index in [0.29, 0.717) is 5.65 Å². The fraction of sp³-hybridized carbons (Fsp3) is 0.0625. The van der Waals surface area contributed by atoms with Crippen LogP contribution in [0.1, 0.15) is 15.9 Å². The van der Waals surface area contributed by atoms with Gasteiger partial charge in [-0.15, -0.1) is 0 Å². The lowest BCUT2D eigenvalue weighted by molar-refractivity contribution is 0.0690. The molecule has 0 fully saturated rings. The van der Waals surface area contributed by atoms with E-state index >= 15 is 0 Å². The molecule has 1 aromatic carbocycles. The lowest BCUT2D eigenvalue weighted by Gasteiger charge is -2.07. The van der Waals surface area contributed by atoms with Crippen molar-refractivity contribution < 1.29 is 9.90 Å². The summed E-state index contributed by atoms with van der Waals surface area (Å²) in [7, 11) is 0. The zero-order valence-electron chi connectivity index (χ0n) is 11.7. The molecule has 0 unspecified atom stereocenters. The van der Waals surface area contributed by atoms with Gasteiger partial charge in [0.15, 0.2) is 5.56 Å². The Balaban J connectivity index is 2.19. The van der Waals surface area contributed by atoms with Crippen molar-refractivity contribution >= 4 is 23.4 Å². The van der Waals surface area contributed by atoms with Gasteiger partial charge >= 0.3 is 5.97 Å². The Kier molecular flexibility index (Phi) is 3.68. The van der Waals surface area contributed by atoms with Crippen molar-refractivity contribution in [2.45, 2.75) is 16.8 Å². The summed E-state index contributed by atoms with van der Waals surface area (Å²) in [5.74, 6) is -1.27. The van der Waals surface area contributed by atoms with E-state index in [0.717, 1.165) is 10.5 Å². The number of fused-ring (bicyclic) bond motifs is 1. The first-order valence-electron chi connectivity index (χ1n) is 6.55. The molecule has 5 nitrogen and oxygen atoms in total. The van der Waals surface area contributed by atoms with Crippen LogP contribution in [-0.4, -0.2) is 20.5 Å². The van der Waals surface area contributed by atoms with Gasteiger partial charge in [-0.1, -0.05) is 35.5 Å². The molecule has 0 radical (unpaired) electrons. The predicted molar refractivity (Wildman–Crippen MR) is 83.7 cm³/mol. The van der Waals surface area contributed by atoms with Crippen LogP contribution in [0.25, 0.3) is 5.65 Å². The van der Waals surface area contributed by atoms with E-state index in [9.17, 15) is 14.7 Å². The number of carboxylic acid groups (broad SMARTS) is 1. The average Bonchev–Trinajstić information content (AvgIpc) is 2.49. The van der Waals surface area contributed by atoms with Crippen molar-refractivity contribution in [3.8, 4) is 0 Å². The number of hydrogen-bond acceptors (Lipinski definition) is 4. The second-order valence-electron chi connectivity index (χ2n) is 4.75. The number of carbonyl (C=O) groups is 1. The monoisotopic (exact) mass is 312 g/mol. The maximum absolute atomic E-state index is 12.4. The van der Waals surface area contributed by atoms with Crippen LogP contribution in [0.4, 0.5) is 0 Å². The summed E-state index contributed by atoms with van der Waals surface area (Å²) in [4.78, 5) is 29.0. The van der Waals surface area contributed by atoms with E-state index in [-0.39, 0.29) is 10.6 Å². The summed E-state index contributed by atoms with van der Waals surface area (Å²) in [6, 6.07) is 12.7. The Bertz CT molecular complexity index is 917. The molecular weight excluding hydrogens is 300 g/mol. The van der Waals surface area contributed by atoms with Crippen molar-refractivity contribution in [3.05, 3.63) is 70.1 Å². The van der Waals surface area contributed by atoms with E-state index in [2.05, 4.69) is 4.98 Å². The van der Waals surface area contributed by atoms with Gasteiger partial charge in [0.05, 0.1) is 0 Å². The molecule has 22 heavy (non-hydrogen) atoms. The van der Waals surface area contributed by atoms with E-state index in [4.69, 9.17) is 0 Å². The summed E-state index contributed by atoms with van der Waals surface area (Å²) < 4.78 is 1.24. The maximum atomic E-state index is 12.4. The lowest BCUT2D eigenvalue weighted by atomic mass is 10.2. The van der Waals surface area contributed by atoms with Crippen molar-refractivity contribution in [3.63, 3.8) is 0 Å². The van der Waals surface area contributed by atoms with E-state index in [1.807, 2.05) is 31.2 Å². The molecular formula is C16H12N2O3S. The number of aromatic nitrogens is 2. The number of aryl methyl sites for hydroxylation is 1. The van der Waals surface area contributed by atoms with Gasteiger partial charge < -0.3 is 5.11 Å². The summed E-state index contributed by atoms with van der Waals surface area (Å²) >= 11 is 1.17. The van der Waals surface area contributed by atoms with Crippen LogP contribution >= 0.6 is 11.8 Å². The van der Waals surface area contributed by atoms with Crippen LogP contribution in [0.2, 0.25) is 0 Å². The molecule has 0 spiro atoms. The van der Waals surface area contributed by atoms with E-state index in [1.54, 1.807) is 18.2 Å². The molecule has 3 rings (SSSR count). The summed E-state index contributed by atoms with van der Waals surface area (Å²) in [6.45, 7) is 1.97. The summed E-state index contributed by atoms with van der Waals surface area (Å²) in [5.41, 5.74) is 0.642. The number of hydrogen-bond donors (Lipinski definition) is 1.